The molecule has 0 bridgehead atoms. The number of ether oxygens (including phenoxy) is 1. The second kappa shape index (κ2) is 8.69. The summed E-state index contributed by atoms with van der Waals surface area (Å²) in [5, 5.41) is 9.59. The number of carbonyl (C=O) groups excluding carboxylic acids is 1. The summed E-state index contributed by atoms with van der Waals surface area (Å²) in [5.41, 5.74) is 0.329. The third-order valence-electron chi connectivity index (χ3n) is 3.15. The number of hydrogen-bond donors (Lipinski definition) is 1. The van der Waals surface area contributed by atoms with E-state index in [4.69, 9.17) is 4.74 Å². The molecule has 0 heterocycles. The van der Waals surface area contributed by atoms with Crippen molar-refractivity contribution in [3.8, 4) is 0 Å². The van der Waals surface area contributed by atoms with E-state index in [-0.39, 0.29) is 6.42 Å². The number of hydrogen-bond acceptors (Lipinski definition) is 3. The van der Waals surface area contributed by atoms with Crippen molar-refractivity contribution in [1.82, 2.24) is 0 Å². The fourth-order valence-corrected chi connectivity index (χ4v) is 1.92. The van der Waals surface area contributed by atoms with Gasteiger partial charge in [0.2, 0.25) is 0 Å². The van der Waals surface area contributed by atoms with Gasteiger partial charge in [-0.3, -0.25) is 0 Å². The Kier molecular flexibility index (Phi) is 7.23. The van der Waals surface area contributed by atoms with Crippen molar-refractivity contribution >= 4 is 5.97 Å². The number of aliphatic hydroxyl groups excluding tert-OH is 1. The van der Waals surface area contributed by atoms with Gasteiger partial charge in [0.25, 0.3) is 0 Å². The van der Waals surface area contributed by atoms with E-state index in [9.17, 15) is 14.3 Å². The number of rotatable bonds is 8. The van der Waals surface area contributed by atoms with Crippen LogP contribution in [-0.4, -0.2) is 29.5 Å². The van der Waals surface area contributed by atoms with E-state index in [0.29, 0.717) is 18.4 Å². The highest BCUT2D eigenvalue weighted by Crippen LogP contribution is 2.17. The molecule has 1 rings (SSSR count). The Labute approximate surface area is 119 Å². The number of alkyl halides is 1. The summed E-state index contributed by atoms with van der Waals surface area (Å²) in [5.74, 6) is -0.505. The maximum absolute atomic E-state index is 13.8. The van der Waals surface area contributed by atoms with E-state index in [1.54, 1.807) is 24.3 Å². The minimum atomic E-state index is -1.37. The van der Waals surface area contributed by atoms with Crippen LogP contribution in [0.1, 0.15) is 49.9 Å². The average Bonchev–Trinajstić information content (AvgIpc) is 2.47. The van der Waals surface area contributed by atoms with Gasteiger partial charge in [-0.05, 0) is 25.0 Å². The number of halogens is 1. The SMILES string of the molecule is CCCC(O)C(F)CC(CC)OC(=O)c1[c]cccc1. The molecule has 0 saturated carbocycles. The molecular formula is C16H22FO3. The normalized spacial score (nSPS) is 15.4. The lowest BCUT2D eigenvalue weighted by atomic mass is 10.0. The Morgan fingerprint density at radius 1 is 1.45 bits per heavy atom. The topological polar surface area (TPSA) is 46.5 Å². The average molecular weight is 281 g/mol. The van der Waals surface area contributed by atoms with E-state index in [1.807, 2.05) is 13.8 Å². The number of aliphatic hydroxyl groups is 1. The summed E-state index contributed by atoms with van der Waals surface area (Å²) >= 11 is 0. The molecule has 0 aliphatic rings. The van der Waals surface area contributed by atoms with Crippen molar-refractivity contribution in [2.45, 2.75) is 57.9 Å². The summed E-state index contributed by atoms with van der Waals surface area (Å²) in [7, 11) is 0. The maximum atomic E-state index is 13.8. The second-order valence-corrected chi connectivity index (χ2v) is 4.82. The molecule has 3 atom stereocenters. The van der Waals surface area contributed by atoms with Crippen LogP contribution in [0.25, 0.3) is 0 Å². The molecule has 0 fully saturated rings. The molecular weight excluding hydrogens is 259 g/mol. The largest absolute Gasteiger partial charge is 0.459 e. The smallest absolute Gasteiger partial charge is 0.339 e. The fraction of sp³-hybridized carbons (Fsp3) is 0.562. The van der Waals surface area contributed by atoms with Crippen LogP contribution in [0.5, 0.6) is 0 Å². The van der Waals surface area contributed by atoms with Crippen LogP contribution >= 0.6 is 0 Å². The first-order valence-corrected chi connectivity index (χ1v) is 7.08. The van der Waals surface area contributed by atoms with Gasteiger partial charge in [0, 0.05) is 6.42 Å². The molecule has 3 unspecified atom stereocenters. The Morgan fingerprint density at radius 2 is 2.20 bits per heavy atom. The third-order valence-corrected chi connectivity index (χ3v) is 3.15. The van der Waals surface area contributed by atoms with Crippen LogP contribution in [0.15, 0.2) is 24.3 Å². The summed E-state index contributed by atoms with van der Waals surface area (Å²) in [6.45, 7) is 3.71. The molecule has 1 N–H and O–H groups in total. The van der Waals surface area contributed by atoms with Gasteiger partial charge in [-0.2, -0.15) is 0 Å². The summed E-state index contributed by atoms with van der Waals surface area (Å²) in [4.78, 5) is 11.9. The number of carbonyl (C=O) groups is 1. The lowest BCUT2D eigenvalue weighted by Gasteiger charge is -2.21. The highest BCUT2D eigenvalue weighted by molar-refractivity contribution is 5.89. The fourth-order valence-electron chi connectivity index (χ4n) is 1.92. The van der Waals surface area contributed by atoms with E-state index < -0.39 is 24.3 Å². The van der Waals surface area contributed by atoms with E-state index in [0.717, 1.165) is 6.42 Å². The van der Waals surface area contributed by atoms with Crippen LogP contribution in [0.2, 0.25) is 0 Å². The van der Waals surface area contributed by atoms with Gasteiger partial charge in [-0.25, -0.2) is 9.18 Å². The van der Waals surface area contributed by atoms with E-state index >= 15 is 0 Å². The van der Waals surface area contributed by atoms with Crippen molar-refractivity contribution in [1.29, 1.82) is 0 Å². The number of esters is 1. The van der Waals surface area contributed by atoms with Crippen LogP contribution in [0.4, 0.5) is 4.39 Å². The van der Waals surface area contributed by atoms with Crippen molar-refractivity contribution in [2.24, 2.45) is 0 Å². The Morgan fingerprint density at radius 3 is 2.75 bits per heavy atom. The predicted molar refractivity (Wildman–Crippen MR) is 75.2 cm³/mol. The van der Waals surface area contributed by atoms with Gasteiger partial charge in [-0.15, -0.1) is 0 Å². The third kappa shape index (κ3) is 5.29. The van der Waals surface area contributed by atoms with Gasteiger partial charge in [0.05, 0.1) is 11.7 Å². The van der Waals surface area contributed by atoms with Crippen molar-refractivity contribution in [2.75, 3.05) is 0 Å². The highest BCUT2D eigenvalue weighted by atomic mass is 19.1. The van der Waals surface area contributed by atoms with Crippen LogP contribution in [-0.2, 0) is 4.74 Å². The molecule has 1 radical (unpaired) electrons. The predicted octanol–water partition coefficient (Wildman–Crippen LogP) is 3.31. The van der Waals surface area contributed by atoms with Gasteiger partial charge < -0.3 is 9.84 Å². The first kappa shape index (κ1) is 16.6. The molecule has 111 valence electrons. The standard InChI is InChI=1S/C16H22FO3/c1-3-8-15(18)14(17)11-13(4-2)20-16(19)12-9-6-5-7-10-12/h5-7,9,13-15,18H,3-4,8,11H2,1-2H3. The Balaban J connectivity index is 2.53. The van der Waals surface area contributed by atoms with Gasteiger partial charge in [0.1, 0.15) is 12.3 Å². The molecule has 3 nitrogen and oxygen atoms in total. The van der Waals surface area contributed by atoms with Crippen molar-refractivity contribution < 1.29 is 19.0 Å². The van der Waals surface area contributed by atoms with Crippen LogP contribution < -0.4 is 0 Å². The lowest BCUT2D eigenvalue weighted by molar-refractivity contribution is 0.00230. The van der Waals surface area contributed by atoms with E-state index in [2.05, 4.69) is 6.07 Å². The first-order chi connectivity index (χ1) is 9.58. The molecule has 0 aliphatic carbocycles. The molecule has 1 aromatic carbocycles. The lowest BCUT2D eigenvalue weighted by Crippen LogP contribution is -2.29. The minimum Gasteiger partial charge on any atom is -0.459 e. The zero-order chi connectivity index (χ0) is 15.0. The zero-order valence-corrected chi connectivity index (χ0v) is 12.0. The molecule has 0 aliphatic heterocycles. The Bertz CT molecular complexity index is 394. The summed E-state index contributed by atoms with van der Waals surface area (Å²) in [6.07, 6.45) is -1.22. The molecule has 20 heavy (non-hydrogen) atoms. The summed E-state index contributed by atoms with van der Waals surface area (Å²) in [6, 6.07) is 9.48. The molecule has 1 aromatic rings. The number of benzene rings is 1. The van der Waals surface area contributed by atoms with Crippen LogP contribution in [0, 0.1) is 6.07 Å². The Hall–Kier alpha value is -1.42. The zero-order valence-electron chi connectivity index (χ0n) is 12.0. The molecule has 0 saturated heterocycles. The molecule has 4 heteroatoms. The van der Waals surface area contributed by atoms with Gasteiger partial charge in [0.15, 0.2) is 0 Å². The first-order valence-electron chi connectivity index (χ1n) is 7.08. The van der Waals surface area contributed by atoms with Gasteiger partial charge in [-0.1, -0.05) is 38.5 Å². The minimum absolute atomic E-state index is 0.0240. The molecule has 0 aromatic heterocycles. The molecule has 0 amide bonds. The highest BCUT2D eigenvalue weighted by Gasteiger charge is 2.24. The van der Waals surface area contributed by atoms with Crippen LogP contribution in [0.3, 0.4) is 0 Å². The van der Waals surface area contributed by atoms with Crippen molar-refractivity contribution in [3.05, 3.63) is 35.9 Å². The van der Waals surface area contributed by atoms with Gasteiger partial charge >= 0.3 is 5.97 Å². The quantitative estimate of drug-likeness (QED) is 0.744. The molecule has 0 spiro atoms. The second-order valence-electron chi connectivity index (χ2n) is 4.82. The monoisotopic (exact) mass is 281 g/mol. The summed E-state index contributed by atoms with van der Waals surface area (Å²) < 4.78 is 19.1. The van der Waals surface area contributed by atoms with Crippen molar-refractivity contribution in [3.63, 3.8) is 0 Å². The van der Waals surface area contributed by atoms with E-state index in [1.165, 1.54) is 0 Å². The maximum Gasteiger partial charge on any atom is 0.339 e.